The number of carbonyl (C=O) groups is 1. The van der Waals surface area contributed by atoms with Crippen LogP contribution in [0.15, 0.2) is 18.3 Å². The quantitative estimate of drug-likeness (QED) is 0.872. The van der Waals surface area contributed by atoms with Gasteiger partial charge in [0.1, 0.15) is 5.82 Å². The zero-order valence-corrected chi connectivity index (χ0v) is 13.3. The molecule has 6 nitrogen and oxygen atoms in total. The highest BCUT2D eigenvalue weighted by Gasteiger charge is 2.29. The maximum atomic E-state index is 11.8. The van der Waals surface area contributed by atoms with Gasteiger partial charge in [-0.2, -0.15) is 5.10 Å². The molecule has 1 aliphatic rings. The van der Waals surface area contributed by atoms with Gasteiger partial charge in [-0.3, -0.25) is 9.48 Å². The summed E-state index contributed by atoms with van der Waals surface area (Å²) in [7, 11) is 0. The van der Waals surface area contributed by atoms with Gasteiger partial charge in [-0.15, -0.1) is 0 Å². The molecule has 2 aromatic rings. The summed E-state index contributed by atoms with van der Waals surface area (Å²) in [6.07, 6.45) is 3.77. The van der Waals surface area contributed by atoms with Crippen molar-refractivity contribution < 1.29 is 4.79 Å². The number of aromatic nitrogens is 4. The zero-order valence-electron chi connectivity index (χ0n) is 13.3. The fourth-order valence-corrected chi connectivity index (χ4v) is 3.15. The summed E-state index contributed by atoms with van der Waals surface area (Å²) in [6.45, 7) is 7.18. The lowest BCUT2D eigenvalue weighted by atomic mass is 10.1. The topological polar surface area (TPSA) is 63.9 Å². The Balaban J connectivity index is 2.02. The molecule has 0 spiro atoms. The predicted octanol–water partition coefficient (Wildman–Crippen LogP) is 2.35. The van der Waals surface area contributed by atoms with Crippen molar-refractivity contribution in [1.29, 1.82) is 0 Å². The van der Waals surface area contributed by atoms with Crippen LogP contribution >= 0.6 is 0 Å². The summed E-state index contributed by atoms with van der Waals surface area (Å²) >= 11 is 0. The van der Waals surface area contributed by atoms with Crippen molar-refractivity contribution in [3.8, 4) is 11.4 Å². The van der Waals surface area contributed by atoms with E-state index in [9.17, 15) is 4.79 Å². The monoisotopic (exact) mass is 299 g/mol. The molecule has 22 heavy (non-hydrogen) atoms. The van der Waals surface area contributed by atoms with Gasteiger partial charge in [-0.1, -0.05) is 0 Å². The van der Waals surface area contributed by atoms with Crippen LogP contribution in [0.4, 0.5) is 0 Å². The van der Waals surface area contributed by atoms with E-state index < -0.39 is 0 Å². The summed E-state index contributed by atoms with van der Waals surface area (Å²) in [5.74, 6) is 0.839. The molecule has 0 radical (unpaired) electrons. The molecule has 2 aromatic heterocycles. The molecule has 0 aliphatic carbocycles. The maximum Gasteiger partial charge on any atom is 0.220 e. The number of nitrogens with zero attached hydrogens (tertiary/aromatic N) is 5. The van der Waals surface area contributed by atoms with Gasteiger partial charge in [0, 0.05) is 26.2 Å². The number of hydrogen-bond acceptors (Lipinski definition) is 4. The van der Waals surface area contributed by atoms with Gasteiger partial charge in [0.2, 0.25) is 5.91 Å². The Morgan fingerprint density at radius 1 is 1.41 bits per heavy atom. The van der Waals surface area contributed by atoms with Crippen molar-refractivity contribution in [2.75, 3.05) is 6.54 Å². The predicted molar refractivity (Wildman–Crippen MR) is 83.0 cm³/mol. The van der Waals surface area contributed by atoms with Gasteiger partial charge in [0.25, 0.3) is 0 Å². The summed E-state index contributed by atoms with van der Waals surface area (Å²) in [5, 5.41) is 4.30. The van der Waals surface area contributed by atoms with Crippen molar-refractivity contribution in [2.45, 2.75) is 46.2 Å². The van der Waals surface area contributed by atoms with E-state index in [0.717, 1.165) is 48.8 Å². The maximum absolute atomic E-state index is 11.8. The number of amides is 1. The highest BCUT2D eigenvalue weighted by Crippen LogP contribution is 2.32. The number of likely N-dealkylation sites (tertiary alicyclic amines) is 1. The Morgan fingerprint density at radius 2 is 2.23 bits per heavy atom. The molecule has 1 aliphatic heterocycles. The van der Waals surface area contributed by atoms with E-state index in [1.165, 1.54) is 0 Å². The Bertz CT molecular complexity index is 694. The van der Waals surface area contributed by atoms with Crippen LogP contribution in [0, 0.1) is 6.92 Å². The van der Waals surface area contributed by atoms with Gasteiger partial charge in [0.15, 0.2) is 0 Å². The average Bonchev–Trinajstić information content (AvgIpc) is 3.15. The third kappa shape index (κ3) is 2.61. The molecule has 6 heteroatoms. The number of hydrogen-bond donors (Lipinski definition) is 0. The Morgan fingerprint density at radius 3 is 2.95 bits per heavy atom. The lowest BCUT2D eigenvalue weighted by Crippen LogP contribution is -2.28. The van der Waals surface area contributed by atoms with Crippen molar-refractivity contribution in [2.24, 2.45) is 0 Å². The molecule has 1 amide bonds. The van der Waals surface area contributed by atoms with Crippen LogP contribution in [-0.4, -0.2) is 37.1 Å². The lowest BCUT2D eigenvalue weighted by molar-refractivity contribution is -0.129. The van der Waals surface area contributed by atoms with E-state index in [2.05, 4.69) is 22.0 Å². The fraction of sp³-hybridized carbons (Fsp3) is 0.500. The van der Waals surface area contributed by atoms with Gasteiger partial charge < -0.3 is 4.90 Å². The molecular weight excluding hydrogens is 278 g/mol. The molecule has 0 saturated carbocycles. The van der Waals surface area contributed by atoms with E-state index in [4.69, 9.17) is 0 Å². The van der Waals surface area contributed by atoms with E-state index in [1.54, 1.807) is 13.1 Å². The first-order valence-electron chi connectivity index (χ1n) is 7.75. The third-order valence-electron chi connectivity index (χ3n) is 4.13. The average molecular weight is 299 g/mol. The number of carbonyl (C=O) groups excluding carboxylic acids is 1. The fourth-order valence-electron chi connectivity index (χ4n) is 3.15. The molecule has 1 saturated heterocycles. The standard InChI is InChI=1S/C16H21N5O/c1-4-21-16(7-8-17-21)14-10-13(18-11(2)19-14)15-6-5-9-20(15)12(3)22/h7-8,10,15H,4-6,9H2,1-3H3. The zero-order chi connectivity index (χ0) is 15.7. The van der Waals surface area contributed by atoms with Gasteiger partial charge in [0.05, 0.1) is 23.1 Å². The molecule has 1 atom stereocenters. The first kappa shape index (κ1) is 14.7. The minimum atomic E-state index is 0.0657. The van der Waals surface area contributed by atoms with Crippen LogP contribution in [0.1, 0.15) is 44.2 Å². The van der Waals surface area contributed by atoms with Gasteiger partial charge >= 0.3 is 0 Å². The van der Waals surface area contributed by atoms with E-state index in [0.29, 0.717) is 0 Å². The largest absolute Gasteiger partial charge is 0.334 e. The van der Waals surface area contributed by atoms with Crippen LogP contribution < -0.4 is 0 Å². The smallest absolute Gasteiger partial charge is 0.220 e. The highest BCUT2D eigenvalue weighted by molar-refractivity contribution is 5.74. The van der Waals surface area contributed by atoms with Crippen LogP contribution in [-0.2, 0) is 11.3 Å². The first-order chi connectivity index (χ1) is 10.6. The molecular formula is C16H21N5O. The molecule has 0 bridgehead atoms. The van der Waals surface area contributed by atoms with Crippen LogP contribution in [0.5, 0.6) is 0 Å². The molecule has 3 heterocycles. The third-order valence-corrected chi connectivity index (χ3v) is 4.13. The van der Waals surface area contributed by atoms with Crippen molar-refractivity contribution >= 4 is 5.91 Å². The minimum Gasteiger partial charge on any atom is -0.334 e. The Labute approximate surface area is 130 Å². The van der Waals surface area contributed by atoms with Gasteiger partial charge in [-0.05, 0) is 38.8 Å². The van der Waals surface area contributed by atoms with Crippen LogP contribution in [0.3, 0.4) is 0 Å². The summed E-state index contributed by atoms with van der Waals surface area (Å²) in [6, 6.07) is 4.03. The van der Waals surface area contributed by atoms with Crippen LogP contribution in [0.2, 0.25) is 0 Å². The van der Waals surface area contributed by atoms with E-state index >= 15 is 0 Å². The van der Waals surface area contributed by atoms with Crippen LogP contribution in [0.25, 0.3) is 11.4 Å². The van der Waals surface area contributed by atoms with E-state index in [1.807, 2.05) is 28.6 Å². The van der Waals surface area contributed by atoms with E-state index in [-0.39, 0.29) is 11.9 Å². The molecule has 116 valence electrons. The van der Waals surface area contributed by atoms with Crippen molar-refractivity contribution in [3.63, 3.8) is 0 Å². The van der Waals surface area contributed by atoms with Gasteiger partial charge in [-0.25, -0.2) is 9.97 Å². The first-order valence-corrected chi connectivity index (χ1v) is 7.75. The number of aryl methyl sites for hydroxylation is 2. The second-order valence-electron chi connectivity index (χ2n) is 5.63. The number of rotatable bonds is 3. The highest BCUT2D eigenvalue weighted by atomic mass is 16.2. The van der Waals surface area contributed by atoms with Crippen molar-refractivity contribution in [3.05, 3.63) is 29.8 Å². The molecule has 0 N–H and O–H groups in total. The summed E-state index contributed by atoms with van der Waals surface area (Å²) < 4.78 is 1.92. The lowest BCUT2D eigenvalue weighted by Gasteiger charge is -2.23. The Hall–Kier alpha value is -2.24. The molecule has 1 unspecified atom stereocenters. The molecule has 0 aromatic carbocycles. The normalized spacial score (nSPS) is 18.0. The molecule has 3 rings (SSSR count). The second kappa shape index (κ2) is 5.87. The summed E-state index contributed by atoms with van der Waals surface area (Å²) in [4.78, 5) is 22.8. The Kier molecular flexibility index (Phi) is 3.92. The summed E-state index contributed by atoms with van der Waals surface area (Å²) in [5.41, 5.74) is 2.79. The second-order valence-corrected chi connectivity index (χ2v) is 5.63. The minimum absolute atomic E-state index is 0.0657. The SMILES string of the molecule is CCn1nccc1-c1cc(C2CCCN2C(C)=O)nc(C)n1. The molecule has 1 fully saturated rings. The van der Waals surface area contributed by atoms with Crippen molar-refractivity contribution in [1.82, 2.24) is 24.6 Å².